The Morgan fingerprint density at radius 2 is 2.11 bits per heavy atom. The fourth-order valence-electron chi connectivity index (χ4n) is 3.42. The number of fused-ring (bicyclic) bond motifs is 1. The number of likely N-dealkylation sites (tertiary alicyclic amines) is 1. The Morgan fingerprint density at radius 3 is 2.93 bits per heavy atom. The Bertz CT molecular complexity index is 1090. The van der Waals surface area contributed by atoms with Gasteiger partial charge in [-0.05, 0) is 55.1 Å². The summed E-state index contributed by atoms with van der Waals surface area (Å²) in [5.74, 6) is 0. The van der Waals surface area contributed by atoms with Gasteiger partial charge in [-0.1, -0.05) is 6.07 Å². The van der Waals surface area contributed by atoms with Crippen LogP contribution in [0.3, 0.4) is 0 Å². The third-order valence-corrected chi connectivity index (χ3v) is 7.07. The van der Waals surface area contributed by atoms with E-state index in [4.69, 9.17) is 4.42 Å². The summed E-state index contributed by atoms with van der Waals surface area (Å²) in [6.45, 7) is 2.52. The van der Waals surface area contributed by atoms with Gasteiger partial charge in [0.25, 0.3) is 0 Å². The van der Waals surface area contributed by atoms with E-state index in [1.165, 1.54) is 29.1 Å². The Balaban J connectivity index is 1.49. The molecule has 1 unspecified atom stereocenters. The van der Waals surface area contributed by atoms with E-state index in [1.54, 1.807) is 17.4 Å². The largest absolute Gasteiger partial charge is 0.423 e. The van der Waals surface area contributed by atoms with Gasteiger partial charge >= 0.3 is 5.63 Å². The van der Waals surface area contributed by atoms with Crippen molar-refractivity contribution in [1.29, 1.82) is 0 Å². The van der Waals surface area contributed by atoms with Crippen molar-refractivity contribution < 1.29 is 12.8 Å². The lowest BCUT2D eigenvalue weighted by atomic mass is 10.1. The molecule has 1 saturated heterocycles. The normalized spacial score (nSPS) is 18.7. The molecule has 0 saturated carbocycles. The molecule has 0 radical (unpaired) electrons. The van der Waals surface area contributed by atoms with E-state index in [0.29, 0.717) is 17.5 Å². The number of benzene rings is 1. The lowest BCUT2D eigenvalue weighted by Gasteiger charge is -2.32. The minimum atomic E-state index is -3.64. The van der Waals surface area contributed by atoms with Crippen molar-refractivity contribution >= 4 is 32.3 Å². The van der Waals surface area contributed by atoms with Crippen molar-refractivity contribution in [3.8, 4) is 0 Å². The molecule has 27 heavy (non-hydrogen) atoms. The lowest BCUT2D eigenvalue weighted by Crippen LogP contribution is -2.47. The van der Waals surface area contributed by atoms with Crippen LogP contribution in [-0.4, -0.2) is 32.4 Å². The molecule has 1 aliphatic heterocycles. The van der Waals surface area contributed by atoms with Gasteiger partial charge in [0.2, 0.25) is 10.0 Å². The maximum atomic E-state index is 12.8. The first-order valence-corrected chi connectivity index (χ1v) is 11.2. The van der Waals surface area contributed by atoms with Gasteiger partial charge in [0.05, 0.1) is 4.90 Å². The molecule has 0 spiro atoms. The first-order valence-electron chi connectivity index (χ1n) is 8.81. The van der Waals surface area contributed by atoms with Crippen molar-refractivity contribution in [2.24, 2.45) is 0 Å². The van der Waals surface area contributed by atoms with E-state index in [0.717, 1.165) is 25.9 Å². The lowest BCUT2D eigenvalue weighted by molar-refractivity contribution is 0.196. The molecule has 4 rings (SSSR count). The second-order valence-corrected chi connectivity index (χ2v) is 9.48. The summed E-state index contributed by atoms with van der Waals surface area (Å²) in [6.07, 6.45) is 1.78. The minimum Gasteiger partial charge on any atom is -0.423 e. The van der Waals surface area contributed by atoms with Crippen LogP contribution in [0.15, 0.2) is 62.0 Å². The smallest absolute Gasteiger partial charge is 0.336 e. The molecule has 3 aromatic rings. The van der Waals surface area contributed by atoms with Gasteiger partial charge in [0.1, 0.15) is 5.58 Å². The predicted octanol–water partition coefficient (Wildman–Crippen LogP) is 2.80. The summed E-state index contributed by atoms with van der Waals surface area (Å²) in [5.41, 5.74) is -0.0782. The molecule has 142 valence electrons. The summed E-state index contributed by atoms with van der Waals surface area (Å²) in [7, 11) is -3.64. The molecular formula is C19H20N2O4S2. The average molecular weight is 405 g/mol. The summed E-state index contributed by atoms with van der Waals surface area (Å²) >= 11 is 1.72. The summed E-state index contributed by atoms with van der Waals surface area (Å²) in [6, 6.07) is 11.4. The fraction of sp³-hybridized carbons (Fsp3) is 0.316. The number of piperidine rings is 1. The number of hydrogen-bond donors (Lipinski definition) is 1. The molecule has 1 aliphatic rings. The van der Waals surface area contributed by atoms with Crippen LogP contribution in [0.1, 0.15) is 17.7 Å². The molecule has 0 aliphatic carbocycles. The van der Waals surface area contributed by atoms with Crippen LogP contribution in [0, 0.1) is 0 Å². The Hall–Kier alpha value is -2.00. The highest BCUT2D eigenvalue weighted by Gasteiger charge is 2.25. The molecule has 1 N–H and O–H groups in total. The van der Waals surface area contributed by atoms with Gasteiger partial charge in [-0.15, -0.1) is 11.3 Å². The predicted molar refractivity (Wildman–Crippen MR) is 105 cm³/mol. The second-order valence-electron chi connectivity index (χ2n) is 6.73. The molecule has 3 heterocycles. The second kappa shape index (κ2) is 7.55. The van der Waals surface area contributed by atoms with Crippen molar-refractivity contribution in [3.05, 3.63) is 63.1 Å². The first-order chi connectivity index (χ1) is 13.0. The molecule has 6 nitrogen and oxygen atoms in total. The summed E-state index contributed by atoms with van der Waals surface area (Å²) in [5, 5.41) is 2.64. The Morgan fingerprint density at radius 1 is 1.22 bits per heavy atom. The zero-order valence-electron chi connectivity index (χ0n) is 14.6. The number of rotatable bonds is 5. The Labute approximate surface area is 161 Å². The molecule has 0 bridgehead atoms. The van der Waals surface area contributed by atoms with Crippen LogP contribution in [0.2, 0.25) is 0 Å². The van der Waals surface area contributed by atoms with Crippen LogP contribution >= 0.6 is 11.3 Å². The zero-order valence-corrected chi connectivity index (χ0v) is 16.3. The maximum absolute atomic E-state index is 12.8. The van der Waals surface area contributed by atoms with Crippen molar-refractivity contribution in [1.82, 2.24) is 9.62 Å². The van der Waals surface area contributed by atoms with Crippen LogP contribution in [0.4, 0.5) is 0 Å². The first kappa shape index (κ1) is 18.4. The van der Waals surface area contributed by atoms with Crippen LogP contribution < -0.4 is 10.3 Å². The average Bonchev–Trinajstić information content (AvgIpc) is 3.14. The van der Waals surface area contributed by atoms with Gasteiger partial charge in [0, 0.05) is 35.5 Å². The van der Waals surface area contributed by atoms with Crippen LogP contribution in [0.5, 0.6) is 0 Å². The highest BCUT2D eigenvalue weighted by Crippen LogP contribution is 2.21. The number of hydrogen-bond acceptors (Lipinski definition) is 6. The number of nitrogens with zero attached hydrogens (tertiary/aromatic N) is 1. The molecule has 0 amide bonds. The molecular weight excluding hydrogens is 384 g/mol. The van der Waals surface area contributed by atoms with Crippen molar-refractivity contribution in [2.45, 2.75) is 30.3 Å². The van der Waals surface area contributed by atoms with Gasteiger partial charge in [-0.2, -0.15) is 0 Å². The number of thiophene rings is 1. The van der Waals surface area contributed by atoms with E-state index in [-0.39, 0.29) is 10.9 Å². The fourth-order valence-corrected chi connectivity index (χ4v) is 5.47. The molecule has 1 aromatic carbocycles. The maximum Gasteiger partial charge on any atom is 0.336 e. The zero-order chi connectivity index (χ0) is 18.9. The summed E-state index contributed by atoms with van der Waals surface area (Å²) < 4.78 is 33.5. The van der Waals surface area contributed by atoms with Gasteiger partial charge in [-0.3, -0.25) is 4.90 Å². The molecule has 2 aromatic heterocycles. The van der Waals surface area contributed by atoms with Crippen molar-refractivity contribution in [2.75, 3.05) is 13.1 Å². The highest BCUT2D eigenvalue weighted by molar-refractivity contribution is 7.89. The van der Waals surface area contributed by atoms with E-state index in [9.17, 15) is 13.2 Å². The Kier molecular flexibility index (Phi) is 5.14. The SMILES string of the molecule is O=c1ccc2cc(S(=O)(=O)NC3CCCN(Cc4cccs4)C3)ccc2o1. The van der Waals surface area contributed by atoms with Crippen LogP contribution in [0.25, 0.3) is 11.0 Å². The molecule has 1 fully saturated rings. The third kappa shape index (κ3) is 4.30. The molecule has 1 atom stereocenters. The monoisotopic (exact) mass is 404 g/mol. The van der Waals surface area contributed by atoms with Gasteiger partial charge in [0.15, 0.2) is 0 Å². The van der Waals surface area contributed by atoms with Gasteiger partial charge < -0.3 is 4.42 Å². The van der Waals surface area contributed by atoms with E-state index in [1.807, 2.05) is 6.07 Å². The van der Waals surface area contributed by atoms with Crippen LogP contribution in [-0.2, 0) is 16.6 Å². The standard InChI is InChI=1S/C19H20N2O4S2/c22-19-8-5-14-11-17(6-7-18(14)25-19)27(23,24)20-15-3-1-9-21(12-15)13-16-4-2-10-26-16/h2,4-8,10-11,15,20H,1,3,9,12-13H2. The third-order valence-electron chi connectivity index (χ3n) is 4.69. The van der Waals surface area contributed by atoms with Gasteiger partial charge in [-0.25, -0.2) is 17.9 Å². The number of nitrogens with one attached hydrogen (secondary N) is 1. The molecule has 8 heteroatoms. The van der Waals surface area contributed by atoms with E-state index < -0.39 is 15.6 Å². The van der Waals surface area contributed by atoms with E-state index >= 15 is 0 Å². The highest BCUT2D eigenvalue weighted by atomic mass is 32.2. The quantitative estimate of drug-likeness (QED) is 0.662. The number of sulfonamides is 1. The minimum absolute atomic E-state index is 0.117. The summed E-state index contributed by atoms with van der Waals surface area (Å²) in [4.78, 5) is 15.0. The van der Waals surface area contributed by atoms with E-state index in [2.05, 4.69) is 21.1 Å². The van der Waals surface area contributed by atoms with Crippen molar-refractivity contribution in [3.63, 3.8) is 0 Å². The topological polar surface area (TPSA) is 79.6 Å².